The van der Waals surface area contributed by atoms with Crippen molar-refractivity contribution in [3.05, 3.63) is 170 Å². The van der Waals surface area contributed by atoms with Crippen molar-refractivity contribution in [3.63, 3.8) is 0 Å². The number of fused-ring (bicyclic) bond motifs is 9. The number of furan rings is 1. The summed E-state index contributed by atoms with van der Waals surface area (Å²) in [7, 11) is 0. The van der Waals surface area contributed by atoms with Gasteiger partial charge in [0.1, 0.15) is 5.58 Å². The number of para-hydroxylation sites is 5. The summed E-state index contributed by atoms with van der Waals surface area (Å²) in [6.45, 7) is 0. The fourth-order valence-electron chi connectivity index (χ4n) is 7.92. The van der Waals surface area contributed by atoms with Gasteiger partial charge in [-0.05, 0) is 54.6 Å². The minimum atomic E-state index is 0.571. The van der Waals surface area contributed by atoms with Crippen molar-refractivity contribution in [1.82, 2.24) is 19.1 Å². The largest absolute Gasteiger partial charge is 0.438 e. The molecular weight excluding hydrogens is 625 g/mol. The minimum absolute atomic E-state index is 0.571. The summed E-state index contributed by atoms with van der Waals surface area (Å²) in [5.74, 6) is 0.616. The molecule has 238 valence electrons. The van der Waals surface area contributed by atoms with Crippen LogP contribution in [-0.2, 0) is 0 Å². The van der Waals surface area contributed by atoms with Crippen LogP contribution >= 0.6 is 0 Å². The Labute approximate surface area is 292 Å². The summed E-state index contributed by atoms with van der Waals surface area (Å²) in [6, 6.07) is 59.6. The molecule has 0 amide bonds. The smallest absolute Gasteiger partial charge is 0.231 e. The highest BCUT2D eigenvalue weighted by atomic mass is 16.3. The van der Waals surface area contributed by atoms with Crippen LogP contribution in [0.5, 0.6) is 0 Å². The average Bonchev–Trinajstić information content (AvgIpc) is 3.85. The molecule has 5 nitrogen and oxygen atoms in total. The van der Waals surface area contributed by atoms with E-state index in [1.807, 2.05) is 18.2 Å². The zero-order chi connectivity index (χ0) is 33.5. The lowest BCUT2D eigenvalue weighted by molar-refractivity contribution is 0.653. The molecule has 0 saturated heterocycles. The van der Waals surface area contributed by atoms with Crippen LogP contribution in [0, 0.1) is 0 Å². The van der Waals surface area contributed by atoms with E-state index >= 15 is 0 Å². The lowest BCUT2D eigenvalue weighted by Gasteiger charge is -2.12. The maximum absolute atomic E-state index is 6.46. The molecule has 5 heteroatoms. The van der Waals surface area contributed by atoms with Crippen LogP contribution in [0.2, 0.25) is 0 Å². The maximum atomic E-state index is 6.46. The Morgan fingerprint density at radius 1 is 0.392 bits per heavy atom. The Kier molecular flexibility index (Phi) is 5.89. The number of aromatic nitrogens is 4. The van der Waals surface area contributed by atoms with Gasteiger partial charge in [-0.3, -0.25) is 0 Å². The number of hydrogen-bond donors (Lipinski definition) is 0. The molecule has 0 aliphatic heterocycles. The zero-order valence-corrected chi connectivity index (χ0v) is 27.4. The van der Waals surface area contributed by atoms with E-state index in [2.05, 4.69) is 161 Å². The van der Waals surface area contributed by atoms with Crippen LogP contribution in [-0.4, -0.2) is 19.1 Å². The second kappa shape index (κ2) is 10.8. The molecule has 0 radical (unpaired) electrons. The third kappa shape index (κ3) is 4.15. The second-order valence-electron chi connectivity index (χ2n) is 13.0. The first kappa shape index (κ1) is 27.9. The molecule has 4 aromatic heterocycles. The van der Waals surface area contributed by atoms with Gasteiger partial charge in [-0.15, -0.1) is 0 Å². The first-order valence-electron chi connectivity index (χ1n) is 17.2. The third-order valence-electron chi connectivity index (χ3n) is 10.1. The Hall–Kier alpha value is -6.98. The highest BCUT2D eigenvalue weighted by Crippen LogP contribution is 2.40. The molecule has 7 aromatic carbocycles. The molecule has 0 aliphatic carbocycles. The van der Waals surface area contributed by atoms with Gasteiger partial charge in [0.15, 0.2) is 5.82 Å². The Bertz CT molecular complexity index is 3090. The Morgan fingerprint density at radius 3 is 1.67 bits per heavy atom. The lowest BCUT2D eigenvalue weighted by atomic mass is 10.0. The highest BCUT2D eigenvalue weighted by Gasteiger charge is 2.21. The SMILES string of the molecule is c1ccc(-n2c3ccccc3c3ccc(-c4nc(-c5cccc(-n6c7ccccc7c7ccccc76)c5)c5c(n4)oc4ccccc45)cc32)cc1. The van der Waals surface area contributed by atoms with Crippen molar-refractivity contribution in [2.24, 2.45) is 0 Å². The average molecular weight is 653 g/mol. The normalized spacial score (nSPS) is 11.9. The van der Waals surface area contributed by atoms with E-state index in [0.717, 1.165) is 55.6 Å². The van der Waals surface area contributed by atoms with Gasteiger partial charge < -0.3 is 13.6 Å². The van der Waals surface area contributed by atoms with E-state index in [1.165, 1.54) is 32.6 Å². The molecule has 11 rings (SSSR count). The van der Waals surface area contributed by atoms with Gasteiger partial charge >= 0.3 is 0 Å². The van der Waals surface area contributed by atoms with Gasteiger partial charge in [0.25, 0.3) is 0 Å². The van der Waals surface area contributed by atoms with Crippen molar-refractivity contribution < 1.29 is 4.42 Å². The van der Waals surface area contributed by atoms with E-state index in [-0.39, 0.29) is 0 Å². The molecule has 0 aliphatic rings. The standard InChI is InChI=1S/C46H28N4O/c1-2-14-31(15-3-1)49-38-21-8-6-19-35(38)36-26-25-30(28-41(36)49)45-47-44(43-37-20-7-11-24-42(37)51-46(43)48-45)29-13-12-16-32(27-29)50-39-22-9-4-17-33(39)34-18-5-10-23-40(34)50/h1-28H. The summed E-state index contributed by atoms with van der Waals surface area (Å²) >= 11 is 0. The molecule has 0 unspecified atom stereocenters. The van der Waals surface area contributed by atoms with Crippen LogP contribution in [0.4, 0.5) is 0 Å². The molecule has 0 saturated carbocycles. The van der Waals surface area contributed by atoms with Gasteiger partial charge in [-0.25, -0.2) is 4.98 Å². The third-order valence-corrected chi connectivity index (χ3v) is 10.1. The van der Waals surface area contributed by atoms with E-state index in [0.29, 0.717) is 11.5 Å². The van der Waals surface area contributed by atoms with Crippen molar-refractivity contribution in [1.29, 1.82) is 0 Å². The first-order valence-corrected chi connectivity index (χ1v) is 17.2. The zero-order valence-electron chi connectivity index (χ0n) is 27.4. The summed E-state index contributed by atoms with van der Waals surface area (Å²) < 4.78 is 11.1. The number of benzene rings is 7. The van der Waals surface area contributed by atoms with E-state index in [1.54, 1.807) is 0 Å². The predicted molar refractivity (Wildman–Crippen MR) is 209 cm³/mol. The number of nitrogens with zero attached hydrogens (tertiary/aromatic N) is 4. The van der Waals surface area contributed by atoms with Crippen LogP contribution in [0.25, 0.3) is 99.7 Å². The first-order chi connectivity index (χ1) is 25.3. The van der Waals surface area contributed by atoms with Crippen LogP contribution in [0.15, 0.2) is 174 Å². The molecule has 0 fully saturated rings. The fourth-order valence-corrected chi connectivity index (χ4v) is 7.92. The number of hydrogen-bond acceptors (Lipinski definition) is 3. The molecular formula is C46H28N4O. The van der Waals surface area contributed by atoms with Gasteiger partial charge in [-0.1, -0.05) is 115 Å². The highest BCUT2D eigenvalue weighted by molar-refractivity contribution is 6.13. The summed E-state index contributed by atoms with van der Waals surface area (Å²) in [5, 5.41) is 6.76. The molecule has 11 aromatic rings. The Morgan fingerprint density at radius 2 is 0.961 bits per heavy atom. The maximum Gasteiger partial charge on any atom is 0.231 e. The molecule has 0 bridgehead atoms. The van der Waals surface area contributed by atoms with Gasteiger partial charge in [0.05, 0.1) is 33.1 Å². The van der Waals surface area contributed by atoms with Gasteiger partial charge in [0.2, 0.25) is 5.71 Å². The van der Waals surface area contributed by atoms with Crippen LogP contribution in [0.3, 0.4) is 0 Å². The molecule has 51 heavy (non-hydrogen) atoms. The topological polar surface area (TPSA) is 48.8 Å². The van der Waals surface area contributed by atoms with E-state index in [9.17, 15) is 0 Å². The summed E-state index contributed by atoms with van der Waals surface area (Å²) in [4.78, 5) is 10.5. The van der Waals surface area contributed by atoms with Crippen molar-refractivity contribution in [3.8, 4) is 34.0 Å². The molecule has 4 heterocycles. The van der Waals surface area contributed by atoms with Crippen molar-refractivity contribution in [2.45, 2.75) is 0 Å². The van der Waals surface area contributed by atoms with E-state index in [4.69, 9.17) is 14.4 Å². The summed E-state index contributed by atoms with van der Waals surface area (Å²) in [6.07, 6.45) is 0. The molecule has 0 spiro atoms. The Balaban J connectivity index is 1.16. The monoisotopic (exact) mass is 652 g/mol. The second-order valence-corrected chi connectivity index (χ2v) is 13.0. The van der Waals surface area contributed by atoms with Crippen LogP contribution in [0.1, 0.15) is 0 Å². The fraction of sp³-hybridized carbons (Fsp3) is 0. The molecule has 0 N–H and O–H groups in total. The lowest BCUT2D eigenvalue weighted by Crippen LogP contribution is -1.97. The minimum Gasteiger partial charge on any atom is -0.438 e. The summed E-state index contributed by atoms with van der Waals surface area (Å²) in [5.41, 5.74) is 10.9. The van der Waals surface area contributed by atoms with Crippen molar-refractivity contribution in [2.75, 3.05) is 0 Å². The number of rotatable bonds is 4. The van der Waals surface area contributed by atoms with Crippen LogP contribution < -0.4 is 0 Å². The van der Waals surface area contributed by atoms with Gasteiger partial charge in [-0.2, -0.15) is 4.98 Å². The quantitative estimate of drug-likeness (QED) is 0.190. The van der Waals surface area contributed by atoms with Crippen molar-refractivity contribution >= 4 is 65.7 Å². The molecule has 0 atom stereocenters. The van der Waals surface area contributed by atoms with E-state index < -0.39 is 0 Å². The predicted octanol–water partition coefficient (Wildman–Crippen LogP) is 11.9. The van der Waals surface area contributed by atoms with Gasteiger partial charge in [0, 0.05) is 49.4 Å².